The zero-order valence-corrected chi connectivity index (χ0v) is 11.4. The minimum atomic E-state index is -1.22. The number of rotatable bonds is 7. The average molecular weight is 314 g/mol. The van der Waals surface area contributed by atoms with Gasteiger partial charge >= 0.3 is 5.97 Å². The van der Waals surface area contributed by atoms with Gasteiger partial charge in [-0.05, 0) is 12.1 Å². The van der Waals surface area contributed by atoms with Crippen LogP contribution in [0, 0.1) is 0 Å². The molecule has 0 aliphatic heterocycles. The molecule has 2 nitrogen and oxygen atoms in total. The van der Waals surface area contributed by atoms with Gasteiger partial charge in [-0.2, -0.15) is 0 Å². The van der Waals surface area contributed by atoms with Crippen LogP contribution >= 0.6 is 35.3 Å². The van der Waals surface area contributed by atoms with E-state index in [1.54, 1.807) is 0 Å². The molecule has 0 radical (unpaired) electrons. The van der Waals surface area contributed by atoms with Crippen molar-refractivity contribution in [1.29, 1.82) is 0 Å². The third kappa shape index (κ3) is 3.76. The minimum absolute atomic E-state index is 0.100. The van der Waals surface area contributed by atoms with Crippen LogP contribution in [0.25, 0.3) is 0 Å². The summed E-state index contributed by atoms with van der Waals surface area (Å²) < 4.78 is 37.2. The van der Waals surface area contributed by atoms with E-state index < -0.39 is 24.0 Å². The number of carbonyl (C=O) groups is 1. The second kappa shape index (κ2) is 7.85. The molecule has 8 heteroatoms. The highest BCUT2D eigenvalue weighted by atomic mass is 32.2. The molecule has 0 heterocycles. The van der Waals surface area contributed by atoms with E-state index in [-0.39, 0.29) is 15.4 Å². The molecule has 0 bridgehead atoms. The Hall–Kier alpha value is -0.470. The largest absolute Gasteiger partial charge is 0.478 e. The minimum Gasteiger partial charge on any atom is -0.478 e. The molecule has 1 N–H and O–H groups in total. The first-order valence-corrected chi connectivity index (χ1v) is 7.58. The van der Waals surface area contributed by atoms with E-state index in [0.717, 1.165) is 23.5 Å². The van der Waals surface area contributed by atoms with Gasteiger partial charge < -0.3 is 5.11 Å². The molecule has 0 spiro atoms. The number of halogens is 3. The summed E-state index contributed by atoms with van der Waals surface area (Å²) in [7, 11) is 0. The Kier molecular flexibility index (Phi) is 6.80. The lowest BCUT2D eigenvalue weighted by atomic mass is 10.2. The molecule has 0 unspecified atom stereocenters. The molecular weight excluding hydrogens is 305 g/mol. The third-order valence-electron chi connectivity index (χ3n) is 1.91. The van der Waals surface area contributed by atoms with Crippen LogP contribution in [0.1, 0.15) is 10.4 Å². The van der Waals surface area contributed by atoms with Gasteiger partial charge in [-0.1, -0.05) is 35.3 Å². The van der Waals surface area contributed by atoms with E-state index in [1.807, 2.05) is 0 Å². The van der Waals surface area contributed by atoms with Crippen molar-refractivity contribution in [3.05, 3.63) is 17.7 Å². The number of hydrogen-bond acceptors (Lipinski definition) is 4. The Morgan fingerprint density at radius 3 is 2.06 bits per heavy atom. The summed E-state index contributed by atoms with van der Waals surface area (Å²) in [6.07, 6.45) is 0. The van der Waals surface area contributed by atoms with E-state index in [9.17, 15) is 18.0 Å². The Morgan fingerprint density at radius 2 is 1.56 bits per heavy atom. The molecule has 0 aliphatic carbocycles. The maximum atomic E-state index is 12.5. The second-order valence-corrected chi connectivity index (χ2v) is 5.61. The van der Waals surface area contributed by atoms with Crippen LogP contribution in [0.2, 0.25) is 0 Å². The summed E-state index contributed by atoms with van der Waals surface area (Å²) >= 11 is 2.22. The quantitative estimate of drug-likeness (QED) is 0.753. The van der Waals surface area contributed by atoms with Crippen molar-refractivity contribution in [1.82, 2.24) is 0 Å². The third-order valence-corrected chi connectivity index (χ3v) is 4.58. The van der Waals surface area contributed by atoms with Crippen LogP contribution in [0.3, 0.4) is 0 Å². The van der Waals surface area contributed by atoms with Gasteiger partial charge in [-0.25, -0.2) is 18.0 Å². The molecule has 0 saturated carbocycles. The molecule has 1 rings (SSSR count). The van der Waals surface area contributed by atoms with Gasteiger partial charge in [0.05, 0.1) is 5.56 Å². The Labute approximate surface area is 115 Å². The lowest BCUT2D eigenvalue weighted by Crippen LogP contribution is -2.01. The predicted molar refractivity (Wildman–Crippen MR) is 68.9 cm³/mol. The fraction of sp³-hybridized carbons (Fsp3) is 0.300. The fourth-order valence-electron chi connectivity index (χ4n) is 1.27. The number of aromatic carboxylic acids is 1. The standard InChI is InChI=1S/C10H9F3O2S3/c11-3-16-7-2-1-6(10(14)15)8(17-4-12)9(7)18-5-13/h1-2H,3-5H2,(H,14,15). The Balaban J connectivity index is 3.33. The summed E-state index contributed by atoms with van der Waals surface area (Å²) in [6, 6.07) is 0.354. The molecule has 0 aromatic heterocycles. The Morgan fingerprint density at radius 1 is 1.00 bits per heavy atom. The van der Waals surface area contributed by atoms with Crippen LogP contribution in [0.5, 0.6) is 0 Å². The zero-order chi connectivity index (χ0) is 13.5. The van der Waals surface area contributed by atoms with E-state index in [0.29, 0.717) is 16.7 Å². The normalized spacial score (nSPS) is 10.6. The molecule has 0 amide bonds. The molecule has 0 saturated heterocycles. The topological polar surface area (TPSA) is 37.3 Å². The molecule has 0 fully saturated rings. The molecular formula is C10H9F3O2S3. The summed E-state index contributed by atoms with van der Waals surface area (Å²) in [5.74, 6) is -1.22. The first-order valence-electron chi connectivity index (χ1n) is 4.62. The van der Waals surface area contributed by atoms with Gasteiger partial charge in [-0.15, -0.1) is 0 Å². The molecule has 18 heavy (non-hydrogen) atoms. The fourth-order valence-corrected chi connectivity index (χ4v) is 3.78. The van der Waals surface area contributed by atoms with Gasteiger partial charge in [0, 0.05) is 14.7 Å². The van der Waals surface area contributed by atoms with Gasteiger partial charge in [0.15, 0.2) is 0 Å². The van der Waals surface area contributed by atoms with E-state index >= 15 is 0 Å². The maximum Gasteiger partial charge on any atom is 0.336 e. The Bertz CT molecular complexity index is 429. The van der Waals surface area contributed by atoms with Crippen molar-refractivity contribution in [2.24, 2.45) is 0 Å². The number of hydrogen-bond donors (Lipinski definition) is 1. The molecule has 1 aromatic rings. The van der Waals surface area contributed by atoms with Gasteiger partial charge in [0.25, 0.3) is 0 Å². The second-order valence-electron chi connectivity index (χ2n) is 2.83. The highest BCUT2D eigenvalue weighted by Crippen LogP contribution is 2.41. The summed E-state index contributed by atoms with van der Waals surface area (Å²) in [5.41, 5.74) is -0.100. The highest BCUT2D eigenvalue weighted by Gasteiger charge is 2.19. The predicted octanol–water partition coefficient (Wildman–Crippen LogP) is 4.44. The average Bonchev–Trinajstić information content (AvgIpc) is 2.33. The van der Waals surface area contributed by atoms with Crippen molar-refractivity contribution in [2.75, 3.05) is 18.0 Å². The lowest BCUT2D eigenvalue weighted by molar-refractivity contribution is 0.0692. The van der Waals surface area contributed by atoms with Crippen LogP contribution in [-0.2, 0) is 0 Å². The summed E-state index contributed by atoms with van der Waals surface area (Å²) in [5, 5.41) is 8.99. The van der Waals surface area contributed by atoms with Crippen molar-refractivity contribution >= 4 is 41.3 Å². The van der Waals surface area contributed by atoms with E-state index in [1.165, 1.54) is 12.1 Å². The van der Waals surface area contributed by atoms with E-state index in [4.69, 9.17) is 5.11 Å². The number of carboxylic acids is 1. The number of benzene rings is 1. The first kappa shape index (κ1) is 15.6. The van der Waals surface area contributed by atoms with E-state index in [2.05, 4.69) is 0 Å². The highest BCUT2D eigenvalue weighted by molar-refractivity contribution is 8.03. The van der Waals surface area contributed by atoms with Crippen LogP contribution in [-0.4, -0.2) is 29.1 Å². The molecule has 100 valence electrons. The van der Waals surface area contributed by atoms with Crippen molar-refractivity contribution in [2.45, 2.75) is 14.7 Å². The van der Waals surface area contributed by atoms with Gasteiger partial charge in [0.2, 0.25) is 0 Å². The summed E-state index contributed by atoms with van der Waals surface area (Å²) in [4.78, 5) is 11.8. The van der Waals surface area contributed by atoms with Crippen molar-refractivity contribution < 1.29 is 23.1 Å². The van der Waals surface area contributed by atoms with Crippen LogP contribution in [0.15, 0.2) is 26.8 Å². The van der Waals surface area contributed by atoms with Crippen LogP contribution in [0.4, 0.5) is 13.2 Å². The molecule has 0 aliphatic rings. The number of thioether (sulfide) groups is 3. The molecule has 0 atom stereocenters. The van der Waals surface area contributed by atoms with Crippen LogP contribution < -0.4 is 0 Å². The molecule has 1 aromatic carbocycles. The lowest BCUT2D eigenvalue weighted by Gasteiger charge is -2.13. The van der Waals surface area contributed by atoms with Crippen molar-refractivity contribution in [3.8, 4) is 0 Å². The monoisotopic (exact) mass is 314 g/mol. The first-order chi connectivity index (χ1) is 8.65. The number of alkyl halides is 3. The summed E-state index contributed by atoms with van der Waals surface area (Å²) in [6.45, 7) is 0. The SMILES string of the molecule is O=C(O)c1ccc(SCF)c(SCF)c1SCF. The van der Waals surface area contributed by atoms with Gasteiger partial charge in [-0.3, -0.25) is 0 Å². The van der Waals surface area contributed by atoms with Gasteiger partial charge in [0.1, 0.15) is 18.0 Å². The zero-order valence-electron chi connectivity index (χ0n) is 8.99. The smallest absolute Gasteiger partial charge is 0.336 e. The number of carboxylic acid groups (broad SMARTS) is 1. The maximum absolute atomic E-state index is 12.5. The van der Waals surface area contributed by atoms with Crippen molar-refractivity contribution in [3.63, 3.8) is 0 Å².